The Balaban J connectivity index is 1.83. The van der Waals surface area contributed by atoms with Crippen LogP contribution in [0.3, 0.4) is 0 Å². The van der Waals surface area contributed by atoms with Gasteiger partial charge >= 0.3 is 5.97 Å². The van der Waals surface area contributed by atoms with E-state index in [2.05, 4.69) is 15.2 Å². The van der Waals surface area contributed by atoms with E-state index in [1.54, 1.807) is 13.2 Å². The summed E-state index contributed by atoms with van der Waals surface area (Å²) in [5.41, 5.74) is 3.20. The van der Waals surface area contributed by atoms with Gasteiger partial charge in [-0.05, 0) is 61.5 Å². The number of carboxylic acids is 1. The van der Waals surface area contributed by atoms with E-state index < -0.39 is 5.97 Å². The molecule has 0 saturated carbocycles. The number of hydrogen-bond acceptors (Lipinski definition) is 5. The summed E-state index contributed by atoms with van der Waals surface area (Å²) in [4.78, 5) is 16.6. The molecular formula is C22H19N3O4. The zero-order valence-corrected chi connectivity index (χ0v) is 16.0. The number of hydrogen-bond donors (Lipinski definition) is 2. The van der Waals surface area contributed by atoms with Crippen LogP contribution in [-0.4, -0.2) is 40.0 Å². The highest BCUT2D eigenvalue weighted by atomic mass is 16.5. The van der Waals surface area contributed by atoms with Gasteiger partial charge in [-0.2, -0.15) is 5.10 Å². The Morgan fingerprint density at radius 3 is 2.31 bits per heavy atom. The smallest absolute Gasteiger partial charge is 0.336 e. The highest BCUT2D eigenvalue weighted by molar-refractivity contribution is 6.08. The quantitative estimate of drug-likeness (QED) is 0.507. The molecule has 0 spiro atoms. The van der Waals surface area contributed by atoms with Crippen molar-refractivity contribution in [2.45, 2.75) is 6.92 Å². The van der Waals surface area contributed by atoms with Crippen LogP contribution in [0.1, 0.15) is 17.3 Å². The molecule has 29 heavy (non-hydrogen) atoms. The number of carboxylic acid groups (broad SMARTS) is 1. The molecule has 0 bridgehead atoms. The highest BCUT2D eigenvalue weighted by Gasteiger charge is 2.19. The number of nitrogens with one attached hydrogen (secondary N) is 1. The number of H-pyrrole nitrogens is 1. The number of fused-ring (bicyclic) bond motifs is 1. The Kier molecular flexibility index (Phi) is 4.87. The number of pyridine rings is 1. The minimum atomic E-state index is -1.04. The van der Waals surface area contributed by atoms with Gasteiger partial charge in [-0.3, -0.25) is 5.10 Å². The first-order valence-corrected chi connectivity index (χ1v) is 9.10. The van der Waals surface area contributed by atoms with Crippen molar-refractivity contribution in [3.63, 3.8) is 0 Å². The zero-order valence-electron chi connectivity index (χ0n) is 16.0. The van der Waals surface area contributed by atoms with E-state index >= 15 is 0 Å². The second-order valence-corrected chi connectivity index (χ2v) is 6.34. The van der Waals surface area contributed by atoms with Crippen LogP contribution in [0.2, 0.25) is 0 Å². The first-order chi connectivity index (χ1) is 14.1. The SMILES string of the molecule is CCOc1ccc(-c2cc(C(=O)O)c3c(-c4ccc(OC)cc4)[nH]nc3n2)cc1. The van der Waals surface area contributed by atoms with Crippen molar-refractivity contribution < 1.29 is 19.4 Å². The fourth-order valence-corrected chi connectivity index (χ4v) is 3.20. The summed E-state index contributed by atoms with van der Waals surface area (Å²) in [6.45, 7) is 2.49. The number of rotatable bonds is 6. The molecule has 0 aliphatic rings. The third-order valence-electron chi connectivity index (χ3n) is 4.59. The Labute approximate surface area is 166 Å². The van der Waals surface area contributed by atoms with Crippen LogP contribution in [0.25, 0.3) is 33.5 Å². The second-order valence-electron chi connectivity index (χ2n) is 6.34. The third-order valence-corrected chi connectivity index (χ3v) is 4.59. The van der Waals surface area contributed by atoms with Gasteiger partial charge in [0.1, 0.15) is 11.5 Å². The molecule has 2 aromatic carbocycles. The topological polar surface area (TPSA) is 97.3 Å². The summed E-state index contributed by atoms with van der Waals surface area (Å²) in [5, 5.41) is 17.5. The van der Waals surface area contributed by atoms with Gasteiger partial charge in [0, 0.05) is 11.1 Å². The standard InChI is InChI=1S/C22H19N3O4/c1-3-29-16-10-4-13(5-11-16)18-12-17(22(26)27)19-20(24-25-21(19)23-18)14-6-8-15(28-2)9-7-14/h4-12H,3H2,1-2H3,(H,26,27)(H,23,24,25). The van der Waals surface area contributed by atoms with Gasteiger partial charge in [-0.25, -0.2) is 9.78 Å². The lowest BCUT2D eigenvalue weighted by Gasteiger charge is -2.07. The molecule has 0 amide bonds. The Bertz CT molecular complexity index is 1170. The fourth-order valence-electron chi connectivity index (χ4n) is 3.20. The molecule has 7 nitrogen and oxygen atoms in total. The summed E-state index contributed by atoms with van der Waals surface area (Å²) in [6, 6.07) is 16.2. The van der Waals surface area contributed by atoms with Crippen LogP contribution in [0.4, 0.5) is 0 Å². The van der Waals surface area contributed by atoms with E-state index in [0.29, 0.717) is 34.8 Å². The predicted octanol–water partition coefficient (Wildman–Crippen LogP) is 4.40. The average molecular weight is 389 g/mol. The zero-order chi connectivity index (χ0) is 20.4. The molecule has 0 fully saturated rings. The predicted molar refractivity (Wildman–Crippen MR) is 109 cm³/mol. The molecule has 146 valence electrons. The molecule has 7 heteroatoms. The molecule has 2 N–H and O–H groups in total. The first kappa shape index (κ1) is 18.5. The molecular weight excluding hydrogens is 370 g/mol. The van der Waals surface area contributed by atoms with Crippen molar-refractivity contribution in [2.24, 2.45) is 0 Å². The first-order valence-electron chi connectivity index (χ1n) is 9.10. The molecule has 4 rings (SSSR count). The van der Waals surface area contributed by atoms with Crippen LogP contribution in [0.15, 0.2) is 54.6 Å². The molecule has 0 saturated heterocycles. The third kappa shape index (κ3) is 3.50. The van der Waals surface area contributed by atoms with Gasteiger partial charge in [0.2, 0.25) is 0 Å². The maximum Gasteiger partial charge on any atom is 0.336 e. The largest absolute Gasteiger partial charge is 0.497 e. The van der Waals surface area contributed by atoms with Gasteiger partial charge in [0.25, 0.3) is 0 Å². The second kappa shape index (κ2) is 7.63. The van der Waals surface area contributed by atoms with E-state index in [1.807, 2.05) is 55.5 Å². The van der Waals surface area contributed by atoms with Gasteiger partial charge < -0.3 is 14.6 Å². The highest BCUT2D eigenvalue weighted by Crippen LogP contribution is 2.32. The van der Waals surface area contributed by atoms with Crippen LogP contribution < -0.4 is 9.47 Å². The number of benzene rings is 2. The van der Waals surface area contributed by atoms with E-state index in [0.717, 1.165) is 16.9 Å². The fraction of sp³-hybridized carbons (Fsp3) is 0.136. The molecule has 0 aliphatic carbocycles. The van der Waals surface area contributed by atoms with Crippen LogP contribution >= 0.6 is 0 Å². The van der Waals surface area contributed by atoms with Gasteiger partial charge in [0.05, 0.1) is 36.1 Å². The number of nitrogens with zero attached hydrogens (tertiary/aromatic N) is 2. The maximum absolute atomic E-state index is 12.0. The van der Waals surface area contributed by atoms with Crippen molar-refractivity contribution >= 4 is 17.0 Å². The summed E-state index contributed by atoms with van der Waals surface area (Å²) in [5.74, 6) is 0.421. The van der Waals surface area contributed by atoms with Gasteiger partial charge in [-0.1, -0.05) is 0 Å². The lowest BCUT2D eigenvalue weighted by molar-refractivity contribution is 0.0699. The monoisotopic (exact) mass is 389 g/mol. The van der Waals surface area contributed by atoms with E-state index in [1.165, 1.54) is 0 Å². The molecule has 2 aromatic heterocycles. The number of ether oxygens (including phenoxy) is 2. The summed E-state index contributed by atoms with van der Waals surface area (Å²) >= 11 is 0. The van der Waals surface area contributed by atoms with Crippen LogP contribution in [0.5, 0.6) is 11.5 Å². The van der Waals surface area contributed by atoms with Crippen LogP contribution in [-0.2, 0) is 0 Å². The van der Waals surface area contributed by atoms with Crippen molar-refractivity contribution in [3.05, 3.63) is 60.2 Å². The average Bonchev–Trinajstić information content (AvgIpc) is 3.18. The number of aromatic carboxylic acids is 1. The summed E-state index contributed by atoms with van der Waals surface area (Å²) in [7, 11) is 1.59. The lowest BCUT2D eigenvalue weighted by atomic mass is 10.0. The normalized spacial score (nSPS) is 10.8. The van der Waals surface area contributed by atoms with Gasteiger partial charge in [0.15, 0.2) is 5.65 Å². The summed E-state index contributed by atoms with van der Waals surface area (Å²) in [6.07, 6.45) is 0. The van der Waals surface area contributed by atoms with Crippen molar-refractivity contribution in [3.8, 4) is 34.0 Å². The Morgan fingerprint density at radius 1 is 1.03 bits per heavy atom. The Morgan fingerprint density at radius 2 is 1.69 bits per heavy atom. The molecule has 0 unspecified atom stereocenters. The van der Waals surface area contributed by atoms with Crippen LogP contribution in [0, 0.1) is 0 Å². The van der Waals surface area contributed by atoms with E-state index in [4.69, 9.17) is 9.47 Å². The maximum atomic E-state index is 12.0. The van der Waals surface area contributed by atoms with Crippen molar-refractivity contribution in [1.82, 2.24) is 15.2 Å². The summed E-state index contributed by atoms with van der Waals surface area (Å²) < 4.78 is 10.6. The Hall–Kier alpha value is -3.87. The molecule has 0 radical (unpaired) electrons. The molecule has 0 atom stereocenters. The number of aromatic amines is 1. The minimum Gasteiger partial charge on any atom is -0.497 e. The molecule has 0 aliphatic heterocycles. The van der Waals surface area contributed by atoms with E-state index in [9.17, 15) is 9.90 Å². The molecule has 2 heterocycles. The number of methoxy groups -OCH3 is 1. The van der Waals surface area contributed by atoms with E-state index in [-0.39, 0.29) is 5.56 Å². The van der Waals surface area contributed by atoms with Crippen molar-refractivity contribution in [2.75, 3.05) is 13.7 Å². The molecule has 4 aromatic rings. The minimum absolute atomic E-state index is 0.137. The number of aromatic nitrogens is 3. The van der Waals surface area contributed by atoms with Crippen molar-refractivity contribution in [1.29, 1.82) is 0 Å². The van der Waals surface area contributed by atoms with Gasteiger partial charge in [-0.15, -0.1) is 0 Å². The lowest BCUT2D eigenvalue weighted by Crippen LogP contribution is -2.00. The number of carbonyl (C=O) groups is 1.